The highest BCUT2D eigenvalue weighted by atomic mass is 16.3. The molecule has 2 N–H and O–H groups in total. The number of hydrogen-bond donors (Lipinski definition) is 2. The van der Waals surface area contributed by atoms with E-state index in [4.69, 9.17) is 0 Å². The van der Waals surface area contributed by atoms with E-state index < -0.39 is 0 Å². The van der Waals surface area contributed by atoms with Crippen LogP contribution in [0, 0.1) is 0 Å². The van der Waals surface area contributed by atoms with E-state index >= 15 is 0 Å². The van der Waals surface area contributed by atoms with Gasteiger partial charge in [0.05, 0.1) is 17.1 Å². The van der Waals surface area contributed by atoms with Crippen molar-refractivity contribution in [3.05, 3.63) is 24.3 Å². The lowest BCUT2D eigenvalue weighted by Crippen LogP contribution is -2.23. The second kappa shape index (κ2) is 4.42. The smallest absolute Gasteiger partial charge is 0.172 e. The van der Waals surface area contributed by atoms with E-state index in [0.717, 1.165) is 35.6 Å². The summed E-state index contributed by atoms with van der Waals surface area (Å²) in [5, 5.41) is 12.7. The normalized spacial score (nSPS) is 19.4. The van der Waals surface area contributed by atoms with Gasteiger partial charge in [-0.15, -0.1) is 0 Å². The lowest BCUT2D eigenvalue weighted by molar-refractivity contribution is 0.198. The zero-order chi connectivity index (χ0) is 12.5. The Morgan fingerprint density at radius 3 is 2.61 bits per heavy atom. The highest BCUT2D eigenvalue weighted by Crippen LogP contribution is 2.27. The molecule has 2 heterocycles. The Kier molecular flexibility index (Phi) is 2.76. The molecule has 0 amide bonds. The molecule has 1 aliphatic heterocycles. The van der Waals surface area contributed by atoms with Gasteiger partial charge in [0.2, 0.25) is 0 Å². The van der Waals surface area contributed by atoms with Crippen molar-refractivity contribution in [1.82, 2.24) is 9.97 Å². The van der Waals surface area contributed by atoms with Crippen LogP contribution in [0.4, 0.5) is 11.6 Å². The van der Waals surface area contributed by atoms with Crippen LogP contribution in [0.5, 0.6) is 0 Å². The molecule has 1 fully saturated rings. The molecule has 0 saturated carbocycles. The van der Waals surface area contributed by atoms with Gasteiger partial charge in [0.1, 0.15) is 0 Å². The first-order valence-corrected chi connectivity index (χ1v) is 6.15. The van der Waals surface area contributed by atoms with E-state index in [1.165, 1.54) is 0 Å². The second-order valence-corrected chi connectivity index (χ2v) is 4.52. The third-order valence-electron chi connectivity index (χ3n) is 3.25. The average Bonchev–Trinajstić information content (AvgIpc) is 2.83. The van der Waals surface area contributed by atoms with Crippen LogP contribution in [0.1, 0.15) is 6.42 Å². The fourth-order valence-corrected chi connectivity index (χ4v) is 2.31. The highest BCUT2D eigenvalue weighted by molar-refractivity contribution is 5.80. The van der Waals surface area contributed by atoms with Crippen molar-refractivity contribution in [1.29, 1.82) is 0 Å². The monoisotopic (exact) mass is 244 g/mol. The minimum Gasteiger partial charge on any atom is -0.391 e. The molecule has 1 aromatic carbocycles. The van der Waals surface area contributed by atoms with Crippen molar-refractivity contribution in [3.8, 4) is 0 Å². The van der Waals surface area contributed by atoms with Crippen molar-refractivity contribution >= 4 is 22.7 Å². The standard InChI is InChI=1S/C13H16N4O/c1-14-12-13(17-7-6-9(18)8-17)16-11-5-3-2-4-10(11)15-12/h2-5,9,18H,6-8H2,1H3,(H,14,15)/t9-/m1/s1. The van der Waals surface area contributed by atoms with E-state index in [9.17, 15) is 5.11 Å². The number of aromatic nitrogens is 2. The Morgan fingerprint density at radius 2 is 2.00 bits per heavy atom. The molecule has 0 aliphatic carbocycles. The van der Waals surface area contributed by atoms with Gasteiger partial charge in [-0.25, -0.2) is 9.97 Å². The lowest BCUT2D eigenvalue weighted by Gasteiger charge is -2.19. The number of β-amino-alcohol motifs (C(OH)–C–C–N with tert-alkyl or cyclic N) is 1. The first-order chi connectivity index (χ1) is 8.78. The van der Waals surface area contributed by atoms with Gasteiger partial charge in [-0.2, -0.15) is 0 Å². The third kappa shape index (κ3) is 1.86. The molecule has 0 bridgehead atoms. The van der Waals surface area contributed by atoms with E-state index in [2.05, 4.69) is 20.2 Å². The minimum atomic E-state index is -0.261. The molecule has 2 aromatic rings. The van der Waals surface area contributed by atoms with Crippen LogP contribution in [0.2, 0.25) is 0 Å². The summed E-state index contributed by atoms with van der Waals surface area (Å²) < 4.78 is 0. The maximum atomic E-state index is 9.63. The highest BCUT2D eigenvalue weighted by Gasteiger charge is 2.24. The van der Waals surface area contributed by atoms with Crippen molar-refractivity contribution in [2.45, 2.75) is 12.5 Å². The number of nitrogens with zero attached hydrogens (tertiary/aromatic N) is 3. The molecule has 18 heavy (non-hydrogen) atoms. The van der Waals surface area contributed by atoms with E-state index in [-0.39, 0.29) is 6.10 Å². The number of benzene rings is 1. The van der Waals surface area contributed by atoms with Crippen LogP contribution in [-0.4, -0.2) is 41.3 Å². The quantitative estimate of drug-likeness (QED) is 0.832. The van der Waals surface area contributed by atoms with Gasteiger partial charge in [-0.05, 0) is 18.6 Å². The summed E-state index contributed by atoms with van der Waals surface area (Å²) in [6.07, 6.45) is 0.528. The summed E-state index contributed by atoms with van der Waals surface area (Å²) in [4.78, 5) is 11.3. The Balaban J connectivity index is 2.09. The number of aliphatic hydroxyl groups excluding tert-OH is 1. The Morgan fingerprint density at radius 1 is 1.28 bits per heavy atom. The molecule has 0 spiro atoms. The molecule has 5 heteroatoms. The molecule has 94 valence electrons. The van der Waals surface area contributed by atoms with Crippen molar-refractivity contribution in [2.75, 3.05) is 30.4 Å². The molecule has 1 aromatic heterocycles. The van der Waals surface area contributed by atoms with Crippen LogP contribution >= 0.6 is 0 Å². The molecule has 5 nitrogen and oxygen atoms in total. The van der Waals surface area contributed by atoms with Gasteiger partial charge < -0.3 is 15.3 Å². The summed E-state index contributed by atoms with van der Waals surface area (Å²) in [6, 6.07) is 7.82. The van der Waals surface area contributed by atoms with Crippen LogP contribution in [-0.2, 0) is 0 Å². The predicted octanol–water partition coefficient (Wildman–Crippen LogP) is 1.24. The van der Waals surface area contributed by atoms with Crippen LogP contribution in [0.15, 0.2) is 24.3 Å². The second-order valence-electron chi connectivity index (χ2n) is 4.52. The Labute approximate surface area is 105 Å². The Bertz CT molecular complexity index is 572. The average molecular weight is 244 g/mol. The number of hydrogen-bond acceptors (Lipinski definition) is 5. The SMILES string of the molecule is CNc1nc2ccccc2nc1N1CC[C@@H](O)C1. The number of anilines is 2. The van der Waals surface area contributed by atoms with Gasteiger partial charge >= 0.3 is 0 Å². The van der Waals surface area contributed by atoms with Crippen LogP contribution in [0.3, 0.4) is 0 Å². The molecule has 3 rings (SSSR count). The number of aliphatic hydroxyl groups is 1. The van der Waals surface area contributed by atoms with Gasteiger partial charge in [0.25, 0.3) is 0 Å². The van der Waals surface area contributed by atoms with E-state index in [1.807, 2.05) is 31.3 Å². The minimum absolute atomic E-state index is 0.261. The van der Waals surface area contributed by atoms with Gasteiger partial charge in [-0.3, -0.25) is 0 Å². The third-order valence-corrected chi connectivity index (χ3v) is 3.25. The van der Waals surface area contributed by atoms with Crippen LogP contribution < -0.4 is 10.2 Å². The molecular formula is C13H16N4O. The van der Waals surface area contributed by atoms with Gasteiger partial charge in [0.15, 0.2) is 11.6 Å². The molecule has 0 radical (unpaired) electrons. The van der Waals surface area contributed by atoms with E-state index in [1.54, 1.807) is 0 Å². The summed E-state index contributed by atoms with van der Waals surface area (Å²) in [5.41, 5.74) is 1.76. The molecule has 1 aliphatic rings. The first kappa shape index (κ1) is 11.2. The maximum Gasteiger partial charge on any atom is 0.172 e. The summed E-state index contributed by atoms with van der Waals surface area (Å²) >= 11 is 0. The zero-order valence-electron chi connectivity index (χ0n) is 10.3. The van der Waals surface area contributed by atoms with Crippen molar-refractivity contribution in [3.63, 3.8) is 0 Å². The fraction of sp³-hybridized carbons (Fsp3) is 0.385. The topological polar surface area (TPSA) is 61.3 Å². The maximum absolute atomic E-state index is 9.63. The zero-order valence-corrected chi connectivity index (χ0v) is 10.3. The van der Waals surface area contributed by atoms with Crippen molar-refractivity contribution in [2.24, 2.45) is 0 Å². The van der Waals surface area contributed by atoms with Crippen molar-refractivity contribution < 1.29 is 5.11 Å². The predicted molar refractivity (Wildman–Crippen MR) is 71.9 cm³/mol. The van der Waals surface area contributed by atoms with Gasteiger partial charge in [0, 0.05) is 20.1 Å². The van der Waals surface area contributed by atoms with Crippen LogP contribution in [0.25, 0.3) is 11.0 Å². The lowest BCUT2D eigenvalue weighted by atomic mass is 10.3. The molecule has 1 saturated heterocycles. The fourth-order valence-electron chi connectivity index (χ4n) is 2.31. The first-order valence-electron chi connectivity index (χ1n) is 6.15. The largest absolute Gasteiger partial charge is 0.391 e. The van der Waals surface area contributed by atoms with Gasteiger partial charge in [-0.1, -0.05) is 12.1 Å². The molecule has 0 unspecified atom stereocenters. The number of para-hydroxylation sites is 2. The molecular weight excluding hydrogens is 228 g/mol. The Hall–Kier alpha value is -1.88. The summed E-state index contributed by atoms with van der Waals surface area (Å²) in [5.74, 6) is 1.59. The number of fused-ring (bicyclic) bond motifs is 1. The number of rotatable bonds is 2. The summed E-state index contributed by atoms with van der Waals surface area (Å²) in [6.45, 7) is 1.45. The summed E-state index contributed by atoms with van der Waals surface area (Å²) in [7, 11) is 1.84. The molecule has 1 atom stereocenters. The van der Waals surface area contributed by atoms with E-state index in [0.29, 0.717) is 6.54 Å². The number of nitrogens with one attached hydrogen (secondary N) is 1.